The molecule has 19 heavy (non-hydrogen) atoms. The van der Waals surface area contributed by atoms with Gasteiger partial charge in [0.05, 0.1) is 15.9 Å². The lowest BCUT2D eigenvalue weighted by molar-refractivity contribution is 0.111. The molecule has 2 N–H and O–H groups in total. The molecule has 1 fully saturated rings. The number of pyridine rings is 1. The number of halogens is 1. The standard InChI is InChI=1S/C15H23BrN2O/c1-9(2)11-4-6-12(7-5-11)19-15-13(16)8-14(17)10(3)18-15/h8-9,11-12H,4-7,17H2,1-3H3. The molecule has 1 aromatic rings. The van der Waals surface area contributed by atoms with Gasteiger partial charge in [0.1, 0.15) is 6.10 Å². The van der Waals surface area contributed by atoms with Crippen LogP contribution in [-0.2, 0) is 0 Å². The highest BCUT2D eigenvalue weighted by Crippen LogP contribution is 2.34. The van der Waals surface area contributed by atoms with Crippen molar-refractivity contribution in [1.82, 2.24) is 4.98 Å². The third kappa shape index (κ3) is 3.62. The normalized spacial score (nSPS) is 23.6. The maximum Gasteiger partial charge on any atom is 0.228 e. The smallest absolute Gasteiger partial charge is 0.228 e. The fraction of sp³-hybridized carbons (Fsp3) is 0.667. The van der Waals surface area contributed by atoms with Crippen LogP contribution < -0.4 is 10.5 Å². The first-order valence-electron chi connectivity index (χ1n) is 7.06. The summed E-state index contributed by atoms with van der Waals surface area (Å²) in [5.74, 6) is 2.31. The molecule has 1 aliphatic rings. The van der Waals surface area contributed by atoms with Gasteiger partial charge >= 0.3 is 0 Å². The van der Waals surface area contributed by atoms with Crippen LogP contribution in [0.5, 0.6) is 5.88 Å². The molecule has 0 radical (unpaired) electrons. The van der Waals surface area contributed by atoms with Crippen LogP contribution in [0.3, 0.4) is 0 Å². The summed E-state index contributed by atoms with van der Waals surface area (Å²) in [5.41, 5.74) is 7.35. The van der Waals surface area contributed by atoms with Crippen LogP contribution in [0.2, 0.25) is 0 Å². The van der Waals surface area contributed by atoms with E-state index in [-0.39, 0.29) is 0 Å². The molecule has 0 unspecified atom stereocenters. The highest BCUT2D eigenvalue weighted by Gasteiger charge is 2.25. The Morgan fingerprint density at radius 2 is 1.95 bits per heavy atom. The van der Waals surface area contributed by atoms with E-state index in [0.717, 1.165) is 34.8 Å². The number of aryl methyl sites for hydroxylation is 1. The number of nitrogens with zero attached hydrogens (tertiary/aromatic N) is 1. The minimum absolute atomic E-state index is 0.293. The topological polar surface area (TPSA) is 48.1 Å². The Bertz CT molecular complexity index is 440. The minimum atomic E-state index is 0.293. The average Bonchev–Trinajstić information content (AvgIpc) is 2.36. The van der Waals surface area contributed by atoms with Crippen LogP contribution >= 0.6 is 15.9 Å². The summed E-state index contributed by atoms with van der Waals surface area (Å²) in [6.45, 7) is 6.53. The SMILES string of the molecule is Cc1nc(OC2CCC(C(C)C)CC2)c(Br)cc1N. The van der Waals surface area contributed by atoms with Gasteiger partial charge in [0.2, 0.25) is 5.88 Å². The molecule has 0 spiro atoms. The van der Waals surface area contributed by atoms with Crippen LogP contribution in [0.1, 0.15) is 45.2 Å². The molecule has 0 atom stereocenters. The Morgan fingerprint density at radius 3 is 2.53 bits per heavy atom. The van der Waals surface area contributed by atoms with Crippen molar-refractivity contribution in [3.05, 3.63) is 16.2 Å². The minimum Gasteiger partial charge on any atom is -0.474 e. The second kappa shape index (κ2) is 6.12. The van der Waals surface area contributed by atoms with E-state index in [4.69, 9.17) is 10.5 Å². The Hall–Kier alpha value is -0.770. The molecule has 1 heterocycles. The first kappa shape index (κ1) is 14.6. The molecular formula is C15H23BrN2O. The molecule has 2 rings (SSSR count). The second-order valence-electron chi connectivity index (χ2n) is 5.85. The maximum absolute atomic E-state index is 6.04. The number of aromatic nitrogens is 1. The number of hydrogen-bond donors (Lipinski definition) is 1. The van der Waals surface area contributed by atoms with Crippen LogP contribution in [0.4, 0.5) is 5.69 Å². The van der Waals surface area contributed by atoms with E-state index >= 15 is 0 Å². The number of nitrogen functional groups attached to an aromatic ring is 1. The van der Waals surface area contributed by atoms with Crippen molar-refractivity contribution in [3.8, 4) is 5.88 Å². The van der Waals surface area contributed by atoms with Gasteiger partial charge in [0, 0.05) is 0 Å². The third-order valence-corrected chi connectivity index (χ3v) is 4.68. The van der Waals surface area contributed by atoms with Gasteiger partial charge in [-0.15, -0.1) is 0 Å². The van der Waals surface area contributed by atoms with Crippen molar-refractivity contribution in [2.24, 2.45) is 11.8 Å². The zero-order valence-corrected chi connectivity index (χ0v) is 13.5. The third-order valence-electron chi connectivity index (χ3n) is 4.11. The fourth-order valence-electron chi connectivity index (χ4n) is 2.69. The summed E-state index contributed by atoms with van der Waals surface area (Å²) < 4.78 is 6.89. The molecule has 1 aliphatic carbocycles. The van der Waals surface area contributed by atoms with Crippen molar-refractivity contribution >= 4 is 21.6 Å². The second-order valence-corrected chi connectivity index (χ2v) is 6.70. The van der Waals surface area contributed by atoms with Crippen LogP contribution in [0, 0.1) is 18.8 Å². The van der Waals surface area contributed by atoms with E-state index in [0.29, 0.717) is 17.7 Å². The molecular weight excluding hydrogens is 304 g/mol. The molecule has 4 heteroatoms. The van der Waals surface area contributed by atoms with Gasteiger partial charge < -0.3 is 10.5 Å². The average molecular weight is 327 g/mol. The van der Waals surface area contributed by atoms with Crippen molar-refractivity contribution < 1.29 is 4.74 Å². The number of nitrogens with two attached hydrogens (primary N) is 1. The number of rotatable bonds is 3. The fourth-order valence-corrected chi connectivity index (χ4v) is 3.12. The Labute approximate surface area is 124 Å². The summed E-state index contributed by atoms with van der Waals surface area (Å²) in [6, 6.07) is 1.87. The molecule has 3 nitrogen and oxygen atoms in total. The maximum atomic E-state index is 6.04. The van der Waals surface area contributed by atoms with Crippen LogP contribution in [0.25, 0.3) is 0 Å². The van der Waals surface area contributed by atoms with E-state index in [9.17, 15) is 0 Å². The van der Waals surface area contributed by atoms with Crippen LogP contribution in [-0.4, -0.2) is 11.1 Å². The molecule has 1 aromatic heterocycles. The summed E-state index contributed by atoms with van der Waals surface area (Å²) in [6.07, 6.45) is 5.06. The van der Waals surface area contributed by atoms with Crippen molar-refractivity contribution in [2.75, 3.05) is 5.73 Å². The zero-order valence-electron chi connectivity index (χ0n) is 11.9. The van der Waals surface area contributed by atoms with E-state index in [2.05, 4.69) is 34.8 Å². The van der Waals surface area contributed by atoms with Gasteiger partial charge in [0.25, 0.3) is 0 Å². The molecule has 0 aromatic carbocycles. The Balaban J connectivity index is 1.98. The van der Waals surface area contributed by atoms with Crippen LogP contribution in [0.15, 0.2) is 10.5 Å². The summed E-state index contributed by atoms with van der Waals surface area (Å²) in [4.78, 5) is 4.43. The Morgan fingerprint density at radius 1 is 1.32 bits per heavy atom. The quantitative estimate of drug-likeness (QED) is 0.899. The predicted octanol–water partition coefficient (Wildman–Crippen LogP) is 4.33. The molecule has 0 amide bonds. The lowest BCUT2D eigenvalue weighted by Gasteiger charge is -2.31. The van der Waals surface area contributed by atoms with Crippen molar-refractivity contribution in [2.45, 2.75) is 52.6 Å². The van der Waals surface area contributed by atoms with E-state index < -0.39 is 0 Å². The Kier molecular flexibility index (Phi) is 4.71. The predicted molar refractivity (Wildman–Crippen MR) is 82.3 cm³/mol. The lowest BCUT2D eigenvalue weighted by atomic mass is 9.80. The molecule has 0 bridgehead atoms. The molecule has 0 saturated heterocycles. The van der Waals surface area contributed by atoms with Gasteiger partial charge in [-0.2, -0.15) is 0 Å². The molecule has 1 saturated carbocycles. The molecule has 106 valence electrons. The first-order chi connectivity index (χ1) is 8.97. The number of anilines is 1. The number of hydrogen-bond acceptors (Lipinski definition) is 3. The highest BCUT2D eigenvalue weighted by molar-refractivity contribution is 9.10. The van der Waals surface area contributed by atoms with Crippen molar-refractivity contribution in [3.63, 3.8) is 0 Å². The van der Waals surface area contributed by atoms with Crippen molar-refractivity contribution in [1.29, 1.82) is 0 Å². The summed E-state index contributed by atoms with van der Waals surface area (Å²) >= 11 is 3.48. The van der Waals surface area contributed by atoms with Gasteiger partial charge in [-0.3, -0.25) is 0 Å². The van der Waals surface area contributed by atoms with E-state index in [1.807, 2.05) is 13.0 Å². The monoisotopic (exact) mass is 326 g/mol. The zero-order chi connectivity index (χ0) is 14.0. The van der Waals surface area contributed by atoms with Gasteiger partial charge in [-0.05, 0) is 66.4 Å². The van der Waals surface area contributed by atoms with Gasteiger partial charge in [0.15, 0.2) is 0 Å². The van der Waals surface area contributed by atoms with E-state index in [1.165, 1.54) is 12.8 Å². The van der Waals surface area contributed by atoms with Gasteiger partial charge in [-0.1, -0.05) is 13.8 Å². The van der Waals surface area contributed by atoms with E-state index in [1.54, 1.807) is 0 Å². The van der Waals surface area contributed by atoms with Gasteiger partial charge in [-0.25, -0.2) is 4.98 Å². The molecule has 0 aliphatic heterocycles. The summed E-state index contributed by atoms with van der Waals surface area (Å²) in [7, 11) is 0. The largest absolute Gasteiger partial charge is 0.474 e. The highest BCUT2D eigenvalue weighted by atomic mass is 79.9. The lowest BCUT2D eigenvalue weighted by Crippen LogP contribution is -2.26. The first-order valence-corrected chi connectivity index (χ1v) is 7.86. The summed E-state index contributed by atoms with van der Waals surface area (Å²) in [5, 5.41) is 0. The number of ether oxygens (including phenoxy) is 1.